The van der Waals surface area contributed by atoms with Gasteiger partial charge in [-0.15, -0.1) is 0 Å². The van der Waals surface area contributed by atoms with Crippen LogP contribution in [0.1, 0.15) is 39.0 Å². The van der Waals surface area contributed by atoms with Crippen LogP contribution in [0.3, 0.4) is 0 Å². The van der Waals surface area contributed by atoms with E-state index >= 15 is 0 Å². The second-order valence-electron chi connectivity index (χ2n) is 6.07. The van der Waals surface area contributed by atoms with Gasteiger partial charge in [0.1, 0.15) is 0 Å². The minimum absolute atomic E-state index is 0.218. The second-order valence-corrected chi connectivity index (χ2v) is 6.07. The van der Waals surface area contributed by atoms with Gasteiger partial charge in [-0.1, -0.05) is 0 Å². The van der Waals surface area contributed by atoms with E-state index in [1.165, 1.54) is 25.7 Å². The lowest BCUT2D eigenvalue weighted by Gasteiger charge is -2.30. The summed E-state index contributed by atoms with van der Waals surface area (Å²) in [6, 6.07) is 0.515. The van der Waals surface area contributed by atoms with Gasteiger partial charge in [-0.3, -0.25) is 4.79 Å². The molecular formula is C13H25N3O. The molecule has 2 rings (SSSR count). The Kier molecular flexibility index (Phi) is 3.73. The van der Waals surface area contributed by atoms with E-state index in [1.54, 1.807) is 0 Å². The van der Waals surface area contributed by atoms with Crippen molar-refractivity contribution < 1.29 is 4.79 Å². The number of carbonyl (C=O) groups excluding carboxylic acids is 1. The van der Waals surface area contributed by atoms with Crippen LogP contribution in [0.4, 0.5) is 0 Å². The highest BCUT2D eigenvalue weighted by atomic mass is 16.1. The molecule has 0 radical (unpaired) electrons. The number of rotatable bonds is 8. The first kappa shape index (κ1) is 12.8. The van der Waals surface area contributed by atoms with E-state index < -0.39 is 5.54 Å². The van der Waals surface area contributed by atoms with Crippen molar-refractivity contribution in [3.8, 4) is 0 Å². The number of hydrogen-bond donors (Lipinski definition) is 2. The summed E-state index contributed by atoms with van der Waals surface area (Å²) in [7, 11) is 2.14. The minimum Gasteiger partial charge on any atom is -0.368 e. The van der Waals surface area contributed by atoms with E-state index in [0.717, 1.165) is 25.4 Å². The van der Waals surface area contributed by atoms with Crippen LogP contribution in [0.15, 0.2) is 0 Å². The van der Waals surface area contributed by atoms with Gasteiger partial charge >= 0.3 is 0 Å². The van der Waals surface area contributed by atoms with Crippen molar-refractivity contribution in [2.45, 2.75) is 50.6 Å². The van der Waals surface area contributed by atoms with Gasteiger partial charge < -0.3 is 16.0 Å². The number of carbonyl (C=O) groups is 1. The Morgan fingerprint density at radius 2 is 2.06 bits per heavy atom. The summed E-state index contributed by atoms with van der Waals surface area (Å²) in [6.45, 7) is 4.05. The Morgan fingerprint density at radius 1 is 1.41 bits per heavy atom. The monoisotopic (exact) mass is 239 g/mol. The first-order valence-electron chi connectivity index (χ1n) is 6.76. The first-order chi connectivity index (χ1) is 7.99. The number of hydrogen-bond acceptors (Lipinski definition) is 3. The van der Waals surface area contributed by atoms with E-state index in [2.05, 4.69) is 17.3 Å². The van der Waals surface area contributed by atoms with E-state index in [0.29, 0.717) is 6.04 Å². The molecule has 0 aromatic heterocycles. The van der Waals surface area contributed by atoms with E-state index in [1.807, 2.05) is 6.92 Å². The largest absolute Gasteiger partial charge is 0.368 e. The van der Waals surface area contributed by atoms with Gasteiger partial charge in [0.05, 0.1) is 5.54 Å². The van der Waals surface area contributed by atoms with Crippen LogP contribution in [0, 0.1) is 5.92 Å². The summed E-state index contributed by atoms with van der Waals surface area (Å²) in [5.74, 6) is 0.681. The summed E-state index contributed by atoms with van der Waals surface area (Å²) >= 11 is 0. The average Bonchev–Trinajstić information content (AvgIpc) is 3.10. The second kappa shape index (κ2) is 4.94. The molecule has 4 nitrogen and oxygen atoms in total. The molecule has 1 unspecified atom stereocenters. The Balaban J connectivity index is 1.76. The predicted octanol–water partition coefficient (Wildman–Crippen LogP) is 0.714. The molecule has 0 spiro atoms. The highest BCUT2D eigenvalue weighted by Gasteiger charge is 2.37. The quantitative estimate of drug-likeness (QED) is 0.656. The molecule has 0 aromatic rings. The zero-order valence-corrected chi connectivity index (χ0v) is 11.0. The molecule has 4 heteroatoms. The molecule has 2 aliphatic rings. The molecule has 0 aliphatic heterocycles. The van der Waals surface area contributed by atoms with Gasteiger partial charge in [-0.2, -0.15) is 0 Å². The molecule has 0 heterocycles. The maximum absolute atomic E-state index is 11.6. The van der Waals surface area contributed by atoms with Crippen molar-refractivity contribution >= 4 is 5.91 Å². The van der Waals surface area contributed by atoms with Crippen LogP contribution in [0.2, 0.25) is 0 Å². The molecule has 98 valence electrons. The van der Waals surface area contributed by atoms with Crippen molar-refractivity contribution in [3.05, 3.63) is 0 Å². The Bertz CT molecular complexity index is 286. The van der Waals surface area contributed by atoms with E-state index in [4.69, 9.17) is 5.73 Å². The molecule has 0 saturated heterocycles. The average molecular weight is 239 g/mol. The molecule has 1 amide bonds. The van der Waals surface area contributed by atoms with Crippen molar-refractivity contribution in [2.24, 2.45) is 11.7 Å². The van der Waals surface area contributed by atoms with E-state index in [-0.39, 0.29) is 5.91 Å². The van der Waals surface area contributed by atoms with Crippen LogP contribution < -0.4 is 11.1 Å². The fourth-order valence-corrected chi connectivity index (χ4v) is 2.19. The van der Waals surface area contributed by atoms with Gasteiger partial charge in [0, 0.05) is 19.1 Å². The Labute approximate surface area is 104 Å². The van der Waals surface area contributed by atoms with Crippen LogP contribution in [-0.2, 0) is 4.79 Å². The number of nitrogens with one attached hydrogen (secondary N) is 1. The molecule has 2 aliphatic carbocycles. The summed E-state index contributed by atoms with van der Waals surface area (Å²) in [5, 5.41) is 3.39. The predicted molar refractivity (Wildman–Crippen MR) is 68.6 cm³/mol. The normalized spacial score (nSPS) is 23.7. The fourth-order valence-electron chi connectivity index (χ4n) is 2.19. The number of amides is 1. The van der Waals surface area contributed by atoms with Crippen molar-refractivity contribution in [1.82, 2.24) is 10.2 Å². The van der Waals surface area contributed by atoms with Gasteiger partial charge in [-0.05, 0) is 52.0 Å². The fraction of sp³-hybridized carbons (Fsp3) is 0.923. The number of nitrogens with zero attached hydrogens (tertiary/aromatic N) is 1. The topological polar surface area (TPSA) is 58.4 Å². The van der Waals surface area contributed by atoms with Gasteiger partial charge in [0.2, 0.25) is 5.91 Å². The Morgan fingerprint density at radius 3 is 2.53 bits per heavy atom. The summed E-state index contributed by atoms with van der Waals surface area (Å²) in [4.78, 5) is 13.9. The zero-order chi connectivity index (χ0) is 12.5. The highest BCUT2D eigenvalue weighted by molar-refractivity contribution is 5.84. The first-order valence-corrected chi connectivity index (χ1v) is 6.76. The van der Waals surface area contributed by atoms with Crippen molar-refractivity contribution in [2.75, 3.05) is 20.1 Å². The third-order valence-corrected chi connectivity index (χ3v) is 3.90. The minimum atomic E-state index is -0.529. The van der Waals surface area contributed by atoms with Crippen molar-refractivity contribution in [3.63, 3.8) is 0 Å². The highest BCUT2D eigenvalue weighted by Crippen LogP contribution is 2.29. The number of primary amides is 1. The summed E-state index contributed by atoms with van der Waals surface area (Å²) in [5.41, 5.74) is 5.00. The molecule has 2 fully saturated rings. The molecule has 0 bridgehead atoms. The lowest BCUT2D eigenvalue weighted by atomic mass is 9.96. The molecule has 2 saturated carbocycles. The summed E-state index contributed by atoms with van der Waals surface area (Å²) in [6.07, 6.45) is 5.92. The lowest BCUT2D eigenvalue weighted by Crippen LogP contribution is -2.55. The molecule has 1 atom stereocenters. The smallest absolute Gasteiger partial charge is 0.237 e. The van der Waals surface area contributed by atoms with Gasteiger partial charge in [0.15, 0.2) is 0 Å². The van der Waals surface area contributed by atoms with E-state index in [9.17, 15) is 4.79 Å². The van der Waals surface area contributed by atoms with Gasteiger partial charge in [0.25, 0.3) is 0 Å². The van der Waals surface area contributed by atoms with Crippen LogP contribution in [0.25, 0.3) is 0 Å². The SMILES string of the molecule is CN(CCC(C)(NC1CC1)C(N)=O)CC1CC1. The van der Waals surface area contributed by atoms with Crippen LogP contribution in [0.5, 0.6) is 0 Å². The van der Waals surface area contributed by atoms with Crippen LogP contribution in [-0.4, -0.2) is 42.5 Å². The maximum atomic E-state index is 11.6. The third kappa shape index (κ3) is 3.96. The zero-order valence-electron chi connectivity index (χ0n) is 11.0. The standard InChI is InChI=1S/C13H25N3O/c1-13(12(14)17,15-11-5-6-11)7-8-16(2)9-10-3-4-10/h10-11,15H,3-9H2,1-2H3,(H2,14,17). The summed E-state index contributed by atoms with van der Waals surface area (Å²) < 4.78 is 0. The molecule has 3 N–H and O–H groups in total. The van der Waals surface area contributed by atoms with Gasteiger partial charge in [-0.25, -0.2) is 0 Å². The molecule has 17 heavy (non-hydrogen) atoms. The maximum Gasteiger partial charge on any atom is 0.237 e. The number of nitrogens with two attached hydrogens (primary N) is 1. The van der Waals surface area contributed by atoms with Crippen LogP contribution >= 0.6 is 0 Å². The molecular weight excluding hydrogens is 214 g/mol. The lowest BCUT2D eigenvalue weighted by molar-refractivity contribution is -0.124. The third-order valence-electron chi connectivity index (χ3n) is 3.90. The molecule has 0 aromatic carbocycles. The van der Waals surface area contributed by atoms with Crippen molar-refractivity contribution in [1.29, 1.82) is 0 Å². The Hall–Kier alpha value is -0.610.